The van der Waals surface area contributed by atoms with Crippen LogP contribution in [0.4, 0.5) is 5.69 Å². The smallest absolute Gasteiger partial charge is 0.238 e. The largest absolute Gasteiger partial charge is 0.457 e. The molecule has 0 bridgehead atoms. The molecule has 3 fully saturated rings. The van der Waals surface area contributed by atoms with Gasteiger partial charge in [-0.05, 0) is 42.7 Å². The molecule has 3 aromatic carbocycles. The molecule has 6 rings (SSSR count). The van der Waals surface area contributed by atoms with Crippen LogP contribution in [0.15, 0.2) is 90.1 Å². The van der Waals surface area contributed by atoms with E-state index in [1.807, 2.05) is 60.7 Å². The Morgan fingerprint density at radius 3 is 2.28 bits per heavy atom. The second-order valence-corrected chi connectivity index (χ2v) is 10.4. The number of aliphatic hydroxyl groups excluding tert-OH is 2. The van der Waals surface area contributed by atoms with Gasteiger partial charge in [0.25, 0.3) is 0 Å². The lowest BCUT2D eigenvalue weighted by atomic mass is 9.60. The van der Waals surface area contributed by atoms with E-state index in [1.165, 1.54) is 4.90 Å². The van der Waals surface area contributed by atoms with Crippen LogP contribution in [0.25, 0.3) is 0 Å². The van der Waals surface area contributed by atoms with E-state index in [1.54, 1.807) is 24.3 Å². The number of carbonyl (C=O) groups excluding carboxylic acids is 2. The summed E-state index contributed by atoms with van der Waals surface area (Å²) < 4.78 is 5.92. The minimum absolute atomic E-state index is 0.166. The number of rotatable bonds is 6. The molecular weight excluding hydrogens is 496 g/mol. The van der Waals surface area contributed by atoms with E-state index in [4.69, 9.17) is 9.57 Å². The first-order valence-corrected chi connectivity index (χ1v) is 13.3. The molecule has 200 valence electrons. The maximum atomic E-state index is 13.8. The van der Waals surface area contributed by atoms with Gasteiger partial charge in [-0.1, -0.05) is 59.8 Å². The monoisotopic (exact) mass is 526 g/mol. The maximum Gasteiger partial charge on any atom is 0.238 e. The molecule has 2 N–H and O–H groups in total. The Kier molecular flexibility index (Phi) is 6.89. The number of nitrogens with zero attached hydrogens (tertiary/aromatic N) is 2. The van der Waals surface area contributed by atoms with Crippen LogP contribution in [-0.2, 0) is 21.0 Å². The summed E-state index contributed by atoms with van der Waals surface area (Å²) in [4.78, 5) is 34.2. The first kappa shape index (κ1) is 25.3. The van der Waals surface area contributed by atoms with Gasteiger partial charge in [0.05, 0.1) is 35.4 Å². The fraction of sp³-hybridized carbons (Fsp3) is 0.323. The van der Waals surface area contributed by atoms with Crippen molar-refractivity contribution in [1.82, 2.24) is 0 Å². The summed E-state index contributed by atoms with van der Waals surface area (Å²) in [6.07, 6.45) is -0.996. The van der Waals surface area contributed by atoms with Crippen LogP contribution < -0.4 is 9.64 Å². The molecule has 0 aromatic heterocycles. The molecular formula is C31H30N2O6. The summed E-state index contributed by atoms with van der Waals surface area (Å²) in [5.74, 6) is -1.71. The van der Waals surface area contributed by atoms with Gasteiger partial charge >= 0.3 is 0 Å². The number of hydrogen-bond acceptors (Lipinski definition) is 7. The lowest BCUT2D eigenvalue weighted by Crippen LogP contribution is -2.54. The Morgan fingerprint density at radius 1 is 0.821 bits per heavy atom. The van der Waals surface area contributed by atoms with Crippen molar-refractivity contribution in [3.63, 3.8) is 0 Å². The molecule has 1 heterocycles. The standard InChI is InChI=1S/C31H30N2O6/c34-26-17-25(32-38-18-19-8-3-1-4-9-19)23-14-15-24-28(27(23)29(26)35)31(37)33(30(24)36)20-10-7-13-22(16-20)39-21-11-5-2-6-12-21/h1-13,16,23-24,26-29,34-35H,14-15,17-18H2/b32-25+/t23-,24+,26+,27-,28+,29+/m0/s1. The molecule has 39 heavy (non-hydrogen) atoms. The van der Waals surface area contributed by atoms with Crippen LogP contribution in [0.5, 0.6) is 11.5 Å². The highest BCUT2D eigenvalue weighted by atomic mass is 16.6. The molecule has 6 atom stereocenters. The van der Waals surface area contributed by atoms with Crippen molar-refractivity contribution in [1.29, 1.82) is 0 Å². The third kappa shape index (κ3) is 4.82. The summed E-state index contributed by atoms with van der Waals surface area (Å²) >= 11 is 0. The lowest BCUT2D eigenvalue weighted by molar-refractivity contribution is -0.132. The second kappa shape index (κ2) is 10.6. The van der Waals surface area contributed by atoms with Gasteiger partial charge in [0, 0.05) is 24.3 Å². The molecule has 8 nitrogen and oxygen atoms in total. The maximum absolute atomic E-state index is 13.8. The minimum atomic E-state index is -1.14. The number of ether oxygens (including phenoxy) is 1. The van der Waals surface area contributed by atoms with Gasteiger partial charge in [-0.25, -0.2) is 4.90 Å². The zero-order chi connectivity index (χ0) is 26.9. The molecule has 0 spiro atoms. The molecule has 8 heteroatoms. The Labute approximate surface area is 226 Å². The Hall–Kier alpha value is -4.01. The number of aliphatic hydroxyl groups is 2. The summed E-state index contributed by atoms with van der Waals surface area (Å²) in [7, 11) is 0. The molecule has 0 radical (unpaired) electrons. The van der Waals surface area contributed by atoms with Crippen molar-refractivity contribution >= 4 is 23.2 Å². The van der Waals surface area contributed by atoms with E-state index in [9.17, 15) is 19.8 Å². The zero-order valence-electron chi connectivity index (χ0n) is 21.3. The van der Waals surface area contributed by atoms with E-state index in [-0.39, 0.29) is 30.8 Å². The highest BCUT2D eigenvalue weighted by Crippen LogP contribution is 2.50. The quantitative estimate of drug-likeness (QED) is 0.366. The number of fused-ring (bicyclic) bond motifs is 3. The van der Waals surface area contributed by atoms with Gasteiger partial charge in [0.2, 0.25) is 11.8 Å². The van der Waals surface area contributed by atoms with E-state index in [0.29, 0.717) is 35.7 Å². The molecule has 1 aliphatic heterocycles. The molecule has 2 aliphatic carbocycles. The molecule has 2 saturated carbocycles. The van der Waals surface area contributed by atoms with Gasteiger partial charge in [0.1, 0.15) is 18.1 Å². The van der Waals surface area contributed by atoms with E-state index >= 15 is 0 Å². The predicted octanol–water partition coefficient (Wildman–Crippen LogP) is 4.31. The number of para-hydroxylation sites is 1. The van der Waals surface area contributed by atoms with Crippen molar-refractivity contribution in [2.45, 2.75) is 38.1 Å². The lowest BCUT2D eigenvalue weighted by Gasteiger charge is -2.45. The van der Waals surface area contributed by atoms with Crippen molar-refractivity contribution in [3.8, 4) is 11.5 Å². The van der Waals surface area contributed by atoms with Crippen molar-refractivity contribution < 1.29 is 29.4 Å². The first-order chi connectivity index (χ1) is 19.0. The Balaban J connectivity index is 1.24. The third-order valence-electron chi connectivity index (χ3n) is 8.09. The van der Waals surface area contributed by atoms with Gasteiger partial charge in [-0.15, -0.1) is 0 Å². The molecule has 1 saturated heterocycles. The third-order valence-corrected chi connectivity index (χ3v) is 8.09. The normalized spacial score (nSPS) is 29.2. The van der Waals surface area contributed by atoms with E-state index < -0.39 is 30.0 Å². The van der Waals surface area contributed by atoms with Gasteiger partial charge in [-0.3, -0.25) is 9.59 Å². The first-order valence-electron chi connectivity index (χ1n) is 13.3. The second-order valence-electron chi connectivity index (χ2n) is 10.4. The van der Waals surface area contributed by atoms with Crippen LogP contribution in [-0.4, -0.2) is 39.9 Å². The summed E-state index contributed by atoms with van der Waals surface area (Å²) in [5.41, 5.74) is 2.02. The van der Waals surface area contributed by atoms with Crippen molar-refractivity contribution in [3.05, 3.63) is 90.5 Å². The summed E-state index contributed by atoms with van der Waals surface area (Å²) in [5, 5.41) is 26.1. The highest BCUT2D eigenvalue weighted by Gasteiger charge is 2.60. The SMILES string of the molecule is O=C1[C@H]2[C@H]3[C@H](O)[C@H](O)C/C(=N\OCc4ccccc4)[C@@H]3CC[C@H]2C(=O)N1c1cccc(Oc2ccccc2)c1. The van der Waals surface area contributed by atoms with Crippen LogP contribution >= 0.6 is 0 Å². The summed E-state index contributed by atoms with van der Waals surface area (Å²) in [6, 6.07) is 25.8. The fourth-order valence-corrected chi connectivity index (χ4v) is 6.30. The minimum Gasteiger partial charge on any atom is -0.457 e. The van der Waals surface area contributed by atoms with Gasteiger partial charge < -0.3 is 19.8 Å². The number of benzene rings is 3. The average Bonchev–Trinajstić information content (AvgIpc) is 3.22. The number of hydrogen-bond donors (Lipinski definition) is 2. The number of amides is 2. The average molecular weight is 527 g/mol. The number of imide groups is 1. The van der Waals surface area contributed by atoms with Gasteiger partial charge in [0.15, 0.2) is 0 Å². The highest BCUT2D eigenvalue weighted by molar-refractivity contribution is 6.22. The van der Waals surface area contributed by atoms with Crippen LogP contribution in [0.1, 0.15) is 24.8 Å². The topological polar surface area (TPSA) is 109 Å². The molecule has 0 unspecified atom stereocenters. The predicted molar refractivity (Wildman–Crippen MR) is 144 cm³/mol. The van der Waals surface area contributed by atoms with Crippen molar-refractivity contribution in [2.75, 3.05) is 4.90 Å². The Bertz CT molecular complexity index is 1380. The molecule has 3 aliphatic rings. The molecule has 2 amide bonds. The summed E-state index contributed by atoms with van der Waals surface area (Å²) in [6.45, 7) is 0.277. The number of anilines is 1. The van der Waals surface area contributed by atoms with Crippen molar-refractivity contribution in [2.24, 2.45) is 28.8 Å². The van der Waals surface area contributed by atoms with Crippen LogP contribution in [0.2, 0.25) is 0 Å². The fourth-order valence-electron chi connectivity index (χ4n) is 6.30. The van der Waals surface area contributed by atoms with E-state index in [2.05, 4.69) is 5.16 Å². The number of carbonyl (C=O) groups is 2. The van der Waals surface area contributed by atoms with Crippen LogP contribution in [0, 0.1) is 23.7 Å². The van der Waals surface area contributed by atoms with Crippen LogP contribution in [0.3, 0.4) is 0 Å². The number of oxime groups is 1. The molecule has 3 aromatic rings. The Morgan fingerprint density at radius 2 is 1.51 bits per heavy atom. The van der Waals surface area contributed by atoms with E-state index in [0.717, 1.165) is 5.56 Å². The van der Waals surface area contributed by atoms with Gasteiger partial charge in [-0.2, -0.15) is 0 Å². The zero-order valence-corrected chi connectivity index (χ0v) is 21.3.